The summed E-state index contributed by atoms with van der Waals surface area (Å²) in [6.45, 7) is 2.11. The van der Waals surface area contributed by atoms with E-state index >= 15 is 0 Å². The van der Waals surface area contributed by atoms with E-state index in [-0.39, 0.29) is 17.8 Å². The monoisotopic (exact) mass is 558 g/mol. The predicted octanol–water partition coefficient (Wildman–Crippen LogP) is 9.01. The summed E-state index contributed by atoms with van der Waals surface area (Å²) in [4.78, 5) is 4.68. The van der Waals surface area contributed by atoms with Gasteiger partial charge in [0.05, 0.1) is 33.0 Å². The molecule has 0 fully saturated rings. The highest BCUT2D eigenvalue weighted by Crippen LogP contribution is 2.58. The molecular formula is C24H16Cl5FN2S. The van der Waals surface area contributed by atoms with Crippen LogP contribution in [0.3, 0.4) is 0 Å². The molecule has 3 aromatic rings. The summed E-state index contributed by atoms with van der Waals surface area (Å²) in [6, 6.07) is 10.2. The minimum Gasteiger partial charge on any atom is -0.315 e. The molecule has 0 saturated heterocycles. The fraction of sp³-hybridized carbons (Fsp3) is 0.208. The lowest BCUT2D eigenvalue weighted by Gasteiger charge is -2.35. The third kappa shape index (κ3) is 3.74. The average Bonchev–Trinajstić information content (AvgIpc) is 3.31. The zero-order valence-electron chi connectivity index (χ0n) is 17.1. The molecule has 2 heterocycles. The predicted molar refractivity (Wildman–Crippen MR) is 137 cm³/mol. The molecule has 170 valence electrons. The smallest absolute Gasteiger partial charge is 0.169 e. The highest BCUT2D eigenvalue weighted by atomic mass is 35.5. The Labute approximate surface area is 220 Å². The number of fused-ring (bicyclic) bond motifs is 3. The van der Waals surface area contributed by atoms with Crippen molar-refractivity contribution in [3.63, 3.8) is 0 Å². The molecule has 5 rings (SSSR count). The molecule has 1 aliphatic carbocycles. The summed E-state index contributed by atoms with van der Waals surface area (Å²) < 4.78 is 16.5. The molecule has 0 N–H and O–H groups in total. The number of imidazole rings is 1. The van der Waals surface area contributed by atoms with Crippen molar-refractivity contribution in [2.75, 3.05) is 0 Å². The second kappa shape index (κ2) is 8.82. The Bertz CT molecular complexity index is 1310. The van der Waals surface area contributed by atoms with Gasteiger partial charge in [-0.1, -0.05) is 88.0 Å². The van der Waals surface area contributed by atoms with Crippen molar-refractivity contribution in [3.8, 4) is 0 Å². The van der Waals surface area contributed by atoms with Crippen molar-refractivity contribution in [1.82, 2.24) is 9.55 Å². The molecule has 2 aromatic carbocycles. The molecule has 9 heteroatoms. The van der Waals surface area contributed by atoms with Crippen molar-refractivity contribution in [3.05, 3.63) is 103 Å². The molecule has 3 unspecified atom stereocenters. The van der Waals surface area contributed by atoms with Crippen LogP contribution in [0, 0.1) is 11.7 Å². The Morgan fingerprint density at radius 3 is 2.58 bits per heavy atom. The molecule has 1 aromatic heterocycles. The normalized spacial score (nSPS) is 23.7. The van der Waals surface area contributed by atoms with Crippen LogP contribution in [0.4, 0.5) is 4.39 Å². The Kier molecular flexibility index (Phi) is 6.30. The molecule has 0 bridgehead atoms. The van der Waals surface area contributed by atoms with E-state index in [0.29, 0.717) is 36.4 Å². The Morgan fingerprint density at radius 2 is 1.85 bits per heavy atom. The topological polar surface area (TPSA) is 17.8 Å². The number of benzene rings is 2. The van der Waals surface area contributed by atoms with E-state index < -0.39 is 5.41 Å². The van der Waals surface area contributed by atoms with Crippen LogP contribution in [0.25, 0.3) is 0 Å². The Balaban J connectivity index is 1.62. The van der Waals surface area contributed by atoms with Crippen LogP contribution in [0.2, 0.25) is 15.1 Å². The molecule has 0 saturated carbocycles. The summed E-state index contributed by atoms with van der Waals surface area (Å²) in [5.41, 5.74) is 1.80. The van der Waals surface area contributed by atoms with E-state index in [1.807, 2.05) is 30.5 Å². The van der Waals surface area contributed by atoms with E-state index in [4.69, 9.17) is 58.0 Å². The summed E-state index contributed by atoms with van der Waals surface area (Å²) >= 11 is 33.5. The van der Waals surface area contributed by atoms with Crippen LogP contribution in [-0.4, -0.2) is 9.55 Å². The zero-order valence-corrected chi connectivity index (χ0v) is 21.7. The zero-order chi connectivity index (χ0) is 23.5. The maximum absolute atomic E-state index is 14.3. The van der Waals surface area contributed by atoms with Gasteiger partial charge in [0, 0.05) is 32.7 Å². The fourth-order valence-electron chi connectivity index (χ4n) is 4.74. The first kappa shape index (κ1) is 23.6. The number of allylic oxidation sites excluding steroid dienone is 4. The minimum absolute atomic E-state index is 0.115. The molecule has 1 aliphatic heterocycles. The average molecular weight is 561 g/mol. The minimum atomic E-state index is -0.567. The first-order chi connectivity index (χ1) is 15.7. The van der Waals surface area contributed by atoms with Crippen molar-refractivity contribution >= 4 is 69.8 Å². The van der Waals surface area contributed by atoms with Gasteiger partial charge in [0.2, 0.25) is 0 Å². The van der Waals surface area contributed by atoms with E-state index in [1.165, 1.54) is 17.8 Å². The standard InChI is InChI=1S/C24H16Cl5FN2S/c1-24(12-5-6-15(26)17(28)9-12)20-10-31-23(33-11-13-14(25)3-2-4-18(13)30)32(20)19-8-7-16(27)22(29)21(19)24/h2-10,19,21H,11H2,1H3. The Morgan fingerprint density at radius 1 is 1.06 bits per heavy atom. The maximum Gasteiger partial charge on any atom is 0.169 e. The second-order valence-corrected chi connectivity index (χ2v) is 11.1. The molecule has 2 nitrogen and oxygen atoms in total. The SMILES string of the molecule is CC1(c2ccc(Cl)c(Cl)c2)c2cnc(SCc3c(F)cccc3Cl)n2C2C=CC(Cl)=C(Cl)C21. The first-order valence-electron chi connectivity index (χ1n) is 10.1. The van der Waals surface area contributed by atoms with Gasteiger partial charge in [-0.3, -0.25) is 0 Å². The molecule has 33 heavy (non-hydrogen) atoms. The van der Waals surface area contributed by atoms with E-state index in [2.05, 4.69) is 16.5 Å². The van der Waals surface area contributed by atoms with Crippen LogP contribution in [0.15, 0.2) is 70.0 Å². The van der Waals surface area contributed by atoms with Gasteiger partial charge in [0.25, 0.3) is 0 Å². The Hall–Kier alpha value is -1.14. The van der Waals surface area contributed by atoms with Gasteiger partial charge in [-0.15, -0.1) is 0 Å². The van der Waals surface area contributed by atoms with Crippen molar-refractivity contribution in [2.24, 2.45) is 5.92 Å². The van der Waals surface area contributed by atoms with Crippen LogP contribution < -0.4 is 0 Å². The van der Waals surface area contributed by atoms with Crippen molar-refractivity contribution < 1.29 is 4.39 Å². The number of halogens is 6. The van der Waals surface area contributed by atoms with Crippen LogP contribution >= 0.6 is 69.8 Å². The fourth-order valence-corrected chi connectivity index (χ4v) is 7.00. The molecule has 3 atom stereocenters. The number of aromatic nitrogens is 2. The number of thioether (sulfide) groups is 1. The molecule has 0 spiro atoms. The third-order valence-corrected chi connectivity index (χ3v) is 9.38. The van der Waals surface area contributed by atoms with Gasteiger partial charge >= 0.3 is 0 Å². The number of hydrogen-bond acceptors (Lipinski definition) is 2. The second-order valence-electron chi connectivity index (χ2n) is 8.14. The lowest BCUT2D eigenvalue weighted by molar-refractivity contribution is 0.388. The van der Waals surface area contributed by atoms with Gasteiger partial charge < -0.3 is 4.57 Å². The van der Waals surface area contributed by atoms with Gasteiger partial charge in [0.1, 0.15) is 5.82 Å². The van der Waals surface area contributed by atoms with E-state index in [0.717, 1.165) is 16.4 Å². The summed E-state index contributed by atoms with van der Waals surface area (Å²) in [5.74, 6) is -0.156. The summed E-state index contributed by atoms with van der Waals surface area (Å²) in [7, 11) is 0. The lowest BCUT2D eigenvalue weighted by Crippen LogP contribution is -2.32. The summed E-state index contributed by atoms with van der Waals surface area (Å²) in [5, 5.41) is 3.17. The van der Waals surface area contributed by atoms with Crippen LogP contribution in [0.1, 0.15) is 29.8 Å². The lowest BCUT2D eigenvalue weighted by atomic mass is 9.68. The molecular weight excluding hydrogens is 545 g/mol. The highest BCUT2D eigenvalue weighted by Gasteiger charge is 2.54. The van der Waals surface area contributed by atoms with Crippen molar-refractivity contribution in [2.45, 2.75) is 29.3 Å². The van der Waals surface area contributed by atoms with Crippen LogP contribution in [-0.2, 0) is 11.2 Å². The highest BCUT2D eigenvalue weighted by molar-refractivity contribution is 7.98. The van der Waals surface area contributed by atoms with Crippen molar-refractivity contribution in [1.29, 1.82) is 0 Å². The number of nitrogens with zero attached hydrogens (tertiary/aromatic N) is 2. The third-order valence-electron chi connectivity index (χ3n) is 6.42. The molecule has 0 amide bonds. The summed E-state index contributed by atoms with van der Waals surface area (Å²) in [6.07, 6.45) is 5.70. The number of rotatable bonds is 4. The van der Waals surface area contributed by atoms with Gasteiger partial charge in [0.15, 0.2) is 5.16 Å². The maximum atomic E-state index is 14.3. The number of hydrogen-bond donors (Lipinski definition) is 0. The molecule has 2 aliphatic rings. The van der Waals surface area contributed by atoms with E-state index in [1.54, 1.807) is 18.2 Å². The van der Waals surface area contributed by atoms with Crippen LogP contribution in [0.5, 0.6) is 0 Å². The van der Waals surface area contributed by atoms with Gasteiger partial charge in [-0.25, -0.2) is 9.37 Å². The molecule has 0 radical (unpaired) electrons. The largest absolute Gasteiger partial charge is 0.315 e. The van der Waals surface area contributed by atoms with Gasteiger partial charge in [-0.05, 0) is 42.8 Å². The quantitative estimate of drug-likeness (QED) is 0.296. The van der Waals surface area contributed by atoms with E-state index in [9.17, 15) is 4.39 Å². The first-order valence-corrected chi connectivity index (χ1v) is 12.9. The van der Waals surface area contributed by atoms with Gasteiger partial charge in [-0.2, -0.15) is 0 Å².